The van der Waals surface area contributed by atoms with Gasteiger partial charge in [-0.15, -0.1) is 0 Å². The summed E-state index contributed by atoms with van der Waals surface area (Å²) in [5.41, 5.74) is 3.85. The molecule has 2 aromatic rings. The molecule has 25 heavy (non-hydrogen) atoms. The second-order valence-electron chi connectivity index (χ2n) is 7.68. The van der Waals surface area contributed by atoms with Gasteiger partial charge in [-0.2, -0.15) is 0 Å². The number of benzene rings is 1. The first-order valence-corrected chi connectivity index (χ1v) is 9.39. The fraction of sp³-hybridized carbons (Fsp3) is 0.524. The fourth-order valence-corrected chi connectivity index (χ4v) is 5.67. The van der Waals surface area contributed by atoms with Crippen LogP contribution in [0.5, 0.6) is 0 Å². The van der Waals surface area contributed by atoms with Crippen molar-refractivity contribution in [3.8, 4) is 0 Å². The molecule has 3 atom stereocenters. The number of hydrogen-bond donors (Lipinski definition) is 0. The molecule has 2 aliphatic carbocycles. The molecule has 0 N–H and O–H groups in total. The van der Waals surface area contributed by atoms with Gasteiger partial charge in [-0.3, -0.25) is 0 Å². The van der Waals surface area contributed by atoms with Gasteiger partial charge in [-0.05, 0) is 36.3 Å². The minimum Gasteiger partial charge on any atom is -0.347 e. The smallest absolute Gasteiger partial charge is 0.171 e. The van der Waals surface area contributed by atoms with E-state index in [4.69, 9.17) is 14.5 Å². The lowest BCUT2D eigenvalue weighted by Crippen LogP contribution is -2.57. The summed E-state index contributed by atoms with van der Waals surface area (Å²) in [6.07, 6.45) is 7.82. The van der Waals surface area contributed by atoms with Crippen LogP contribution in [0.25, 0.3) is 0 Å². The summed E-state index contributed by atoms with van der Waals surface area (Å²) < 4.78 is 12.3. The zero-order chi connectivity index (χ0) is 16.9. The van der Waals surface area contributed by atoms with Crippen molar-refractivity contribution in [2.24, 2.45) is 11.8 Å². The molecule has 1 saturated heterocycles. The van der Waals surface area contributed by atoms with Crippen molar-refractivity contribution in [2.45, 2.75) is 43.8 Å². The molecular weight excluding hydrogens is 312 g/mol. The Bertz CT molecular complexity index is 772. The highest BCUT2D eigenvalue weighted by atomic mass is 16.7. The molecule has 1 aromatic carbocycles. The lowest BCUT2D eigenvalue weighted by molar-refractivity contribution is -0.232. The van der Waals surface area contributed by atoms with E-state index in [1.807, 2.05) is 6.20 Å². The maximum Gasteiger partial charge on any atom is 0.171 e. The van der Waals surface area contributed by atoms with E-state index < -0.39 is 5.79 Å². The summed E-state index contributed by atoms with van der Waals surface area (Å²) in [6.45, 7) is 3.75. The molecular formula is C21H24N2O2. The Balaban J connectivity index is 1.70. The van der Waals surface area contributed by atoms with Crippen LogP contribution >= 0.6 is 0 Å². The number of nitrogens with zero attached hydrogens (tertiary/aromatic N) is 2. The SMILES string of the molecule is C[C@H]1[C@@H]2CCc3cncnc3[C@@]2(c2ccccc2)CCC12OCCO2. The standard InChI is InChI=1S/C21H24N2O2/c1-15-18-8-7-16-13-22-14-23-19(16)20(18,17-5-3-2-4-6-17)9-10-21(15)24-11-12-25-21/h2-6,13-15,18H,7-12H2,1H3/t15-,18-,20+/m0/s1. The van der Waals surface area contributed by atoms with Crippen LogP contribution in [0.3, 0.4) is 0 Å². The molecule has 1 spiro atoms. The Hall–Kier alpha value is -1.78. The number of fused-ring (bicyclic) bond motifs is 3. The molecule has 1 aliphatic heterocycles. The van der Waals surface area contributed by atoms with Crippen LogP contribution in [-0.2, 0) is 21.3 Å². The van der Waals surface area contributed by atoms with Gasteiger partial charge in [0.25, 0.3) is 0 Å². The Kier molecular flexibility index (Phi) is 3.47. The van der Waals surface area contributed by atoms with Gasteiger partial charge in [-0.1, -0.05) is 37.3 Å². The van der Waals surface area contributed by atoms with Gasteiger partial charge in [0.05, 0.1) is 18.9 Å². The average molecular weight is 336 g/mol. The molecule has 4 heteroatoms. The van der Waals surface area contributed by atoms with Crippen LogP contribution in [0.2, 0.25) is 0 Å². The first kappa shape index (κ1) is 15.5. The summed E-state index contributed by atoms with van der Waals surface area (Å²) in [4.78, 5) is 9.10. The van der Waals surface area contributed by atoms with Crippen LogP contribution in [0.4, 0.5) is 0 Å². The first-order valence-electron chi connectivity index (χ1n) is 9.39. The summed E-state index contributed by atoms with van der Waals surface area (Å²) in [6, 6.07) is 10.9. The van der Waals surface area contributed by atoms with Gasteiger partial charge in [0.2, 0.25) is 0 Å². The number of aryl methyl sites for hydroxylation is 1. The minimum atomic E-state index is -0.395. The third kappa shape index (κ3) is 2.07. The van der Waals surface area contributed by atoms with E-state index in [2.05, 4.69) is 42.2 Å². The van der Waals surface area contributed by atoms with E-state index in [0.29, 0.717) is 25.0 Å². The Morgan fingerprint density at radius 1 is 1.08 bits per heavy atom. The molecule has 0 radical (unpaired) electrons. The molecule has 0 unspecified atom stereocenters. The quantitative estimate of drug-likeness (QED) is 0.799. The van der Waals surface area contributed by atoms with E-state index in [-0.39, 0.29) is 5.41 Å². The van der Waals surface area contributed by atoms with Crippen LogP contribution < -0.4 is 0 Å². The maximum absolute atomic E-state index is 6.16. The Morgan fingerprint density at radius 3 is 2.68 bits per heavy atom. The Labute approximate surface area is 148 Å². The molecule has 3 aliphatic rings. The van der Waals surface area contributed by atoms with Gasteiger partial charge < -0.3 is 9.47 Å². The average Bonchev–Trinajstić information content (AvgIpc) is 3.15. The molecule has 2 heterocycles. The highest BCUT2D eigenvalue weighted by molar-refractivity contribution is 5.43. The zero-order valence-corrected chi connectivity index (χ0v) is 14.6. The molecule has 5 rings (SSSR count). The van der Waals surface area contributed by atoms with E-state index in [9.17, 15) is 0 Å². The van der Waals surface area contributed by atoms with E-state index in [0.717, 1.165) is 25.7 Å². The maximum atomic E-state index is 6.16. The van der Waals surface area contributed by atoms with Crippen molar-refractivity contribution in [2.75, 3.05) is 13.2 Å². The van der Waals surface area contributed by atoms with Crippen LogP contribution in [0.15, 0.2) is 42.9 Å². The van der Waals surface area contributed by atoms with Crippen molar-refractivity contribution in [1.82, 2.24) is 9.97 Å². The summed E-state index contributed by atoms with van der Waals surface area (Å²) >= 11 is 0. The van der Waals surface area contributed by atoms with Crippen molar-refractivity contribution >= 4 is 0 Å². The number of hydrogen-bond acceptors (Lipinski definition) is 4. The predicted molar refractivity (Wildman–Crippen MR) is 94.1 cm³/mol. The van der Waals surface area contributed by atoms with E-state index in [1.165, 1.54) is 16.8 Å². The number of aromatic nitrogens is 2. The van der Waals surface area contributed by atoms with E-state index >= 15 is 0 Å². The molecule has 2 fully saturated rings. The van der Waals surface area contributed by atoms with Crippen LogP contribution in [0, 0.1) is 11.8 Å². The highest BCUT2D eigenvalue weighted by Crippen LogP contribution is 2.59. The normalized spacial score (nSPS) is 33.0. The van der Waals surface area contributed by atoms with Gasteiger partial charge in [0, 0.05) is 24.0 Å². The predicted octanol–water partition coefficient (Wildman–Crippen LogP) is 3.50. The summed E-state index contributed by atoms with van der Waals surface area (Å²) in [5.74, 6) is 0.407. The van der Waals surface area contributed by atoms with Gasteiger partial charge in [-0.25, -0.2) is 9.97 Å². The van der Waals surface area contributed by atoms with Crippen molar-refractivity contribution in [3.05, 3.63) is 59.7 Å². The molecule has 1 saturated carbocycles. The molecule has 1 aromatic heterocycles. The highest BCUT2D eigenvalue weighted by Gasteiger charge is 2.59. The second kappa shape index (κ2) is 5.61. The largest absolute Gasteiger partial charge is 0.347 e. The lowest BCUT2D eigenvalue weighted by Gasteiger charge is -2.55. The third-order valence-corrected chi connectivity index (χ3v) is 6.80. The molecule has 4 nitrogen and oxygen atoms in total. The number of ether oxygens (including phenoxy) is 2. The Morgan fingerprint density at radius 2 is 1.88 bits per heavy atom. The first-order chi connectivity index (χ1) is 12.3. The summed E-state index contributed by atoms with van der Waals surface area (Å²) in [5, 5.41) is 0. The van der Waals surface area contributed by atoms with Crippen molar-refractivity contribution in [1.29, 1.82) is 0 Å². The van der Waals surface area contributed by atoms with Crippen LogP contribution in [-0.4, -0.2) is 29.0 Å². The van der Waals surface area contributed by atoms with Gasteiger partial charge in [0.15, 0.2) is 5.79 Å². The second-order valence-corrected chi connectivity index (χ2v) is 7.68. The van der Waals surface area contributed by atoms with Crippen LogP contribution in [0.1, 0.15) is 43.0 Å². The van der Waals surface area contributed by atoms with Gasteiger partial charge >= 0.3 is 0 Å². The minimum absolute atomic E-state index is 0.0578. The van der Waals surface area contributed by atoms with Crippen molar-refractivity contribution < 1.29 is 9.47 Å². The zero-order valence-electron chi connectivity index (χ0n) is 14.6. The third-order valence-electron chi connectivity index (χ3n) is 6.80. The number of rotatable bonds is 1. The molecule has 0 bridgehead atoms. The molecule has 0 amide bonds. The van der Waals surface area contributed by atoms with E-state index in [1.54, 1.807) is 6.33 Å². The van der Waals surface area contributed by atoms with Crippen molar-refractivity contribution in [3.63, 3.8) is 0 Å². The molecule has 130 valence electrons. The summed E-state index contributed by atoms with van der Waals surface area (Å²) in [7, 11) is 0. The lowest BCUT2D eigenvalue weighted by atomic mass is 9.52. The monoisotopic (exact) mass is 336 g/mol. The van der Waals surface area contributed by atoms with Gasteiger partial charge in [0.1, 0.15) is 6.33 Å². The topological polar surface area (TPSA) is 44.2 Å². The fourth-order valence-electron chi connectivity index (χ4n) is 5.67.